The maximum atomic E-state index is 13.7. The number of hydrogen-bond donors (Lipinski definition) is 1. The number of nitrogens with zero attached hydrogens (tertiary/aromatic N) is 1. The van der Waals surface area contributed by atoms with Gasteiger partial charge in [0.2, 0.25) is 10.0 Å². The van der Waals surface area contributed by atoms with E-state index >= 15 is 0 Å². The van der Waals surface area contributed by atoms with Crippen molar-refractivity contribution in [1.82, 2.24) is 4.31 Å². The van der Waals surface area contributed by atoms with Crippen LogP contribution in [0.15, 0.2) is 23.1 Å². The average molecular weight is 304 g/mol. The Morgan fingerprint density at radius 1 is 1.30 bits per heavy atom. The highest BCUT2D eigenvalue weighted by Crippen LogP contribution is 2.27. The Balaban J connectivity index is 2.22. The summed E-state index contributed by atoms with van der Waals surface area (Å²) < 4.78 is 52.7. The molecule has 1 aromatic carbocycles. The first-order valence-electron chi connectivity index (χ1n) is 6.53. The van der Waals surface area contributed by atoms with Gasteiger partial charge in [-0.3, -0.25) is 0 Å². The summed E-state index contributed by atoms with van der Waals surface area (Å²) >= 11 is 0. The van der Waals surface area contributed by atoms with Crippen LogP contribution in [-0.4, -0.2) is 31.9 Å². The summed E-state index contributed by atoms with van der Waals surface area (Å²) in [5, 5.41) is 0. The molecule has 7 heteroatoms. The largest absolute Gasteiger partial charge is 0.328 e. The van der Waals surface area contributed by atoms with Gasteiger partial charge in [-0.05, 0) is 37.8 Å². The lowest BCUT2D eigenvalue weighted by molar-refractivity contribution is 0.250. The molecule has 1 atom stereocenters. The Morgan fingerprint density at radius 3 is 2.45 bits per heavy atom. The molecular weight excluding hydrogens is 286 g/mol. The van der Waals surface area contributed by atoms with Crippen molar-refractivity contribution in [3.63, 3.8) is 0 Å². The maximum Gasteiger partial charge on any atom is 0.246 e. The summed E-state index contributed by atoms with van der Waals surface area (Å²) in [5.41, 5.74) is 5.80. The SMILES string of the molecule is CC(N)C1CCN(S(=O)(=O)c2cccc(F)c2F)CC1. The highest BCUT2D eigenvalue weighted by Gasteiger charge is 2.32. The van der Waals surface area contributed by atoms with Crippen LogP contribution in [0.3, 0.4) is 0 Å². The van der Waals surface area contributed by atoms with Gasteiger partial charge in [-0.2, -0.15) is 4.31 Å². The minimum Gasteiger partial charge on any atom is -0.328 e. The third kappa shape index (κ3) is 2.84. The lowest BCUT2D eigenvalue weighted by atomic mass is 9.92. The molecular formula is C13H18F2N2O2S. The van der Waals surface area contributed by atoms with Crippen molar-refractivity contribution >= 4 is 10.0 Å². The second kappa shape index (κ2) is 5.75. The van der Waals surface area contributed by atoms with Gasteiger partial charge in [-0.15, -0.1) is 0 Å². The normalized spacial score (nSPS) is 20.0. The number of benzene rings is 1. The molecule has 20 heavy (non-hydrogen) atoms. The van der Waals surface area contributed by atoms with E-state index in [4.69, 9.17) is 5.73 Å². The van der Waals surface area contributed by atoms with Crippen LogP contribution in [0, 0.1) is 17.6 Å². The molecule has 112 valence electrons. The van der Waals surface area contributed by atoms with Crippen LogP contribution >= 0.6 is 0 Å². The number of sulfonamides is 1. The van der Waals surface area contributed by atoms with Crippen molar-refractivity contribution in [3.8, 4) is 0 Å². The lowest BCUT2D eigenvalue weighted by Crippen LogP contribution is -2.42. The topological polar surface area (TPSA) is 63.4 Å². The quantitative estimate of drug-likeness (QED) is 0.924. The van der Waals surface area contributed by atoms with E-state index in [1.54, 1.807) is 0 Å². The van der Waals surface area contributed by atoms with Gasteiger partial charge < -0.3 is 5.73 Å². The molecule has 4 nitrogen and oxygen atoms in total. The van der Waals surface area contributed by atoms with Crippen molar-refractivity contribution in [2.75, 3.05) is 13.1 Å². The summed E-state index contributed by atoms with van der Waals surface area (Å²) in [6.45, 7) is 2.45. The summed E-state index contributed by atoms with van der Waals surface area (Å²) in [4.78, 5) is -0.600. The van der Waals surface area contributed by atoms with Crippen LogP contribution in [0.5, 0.6) is 0 Å². The number of hydrogen-bond acceptors (Lipinski definition) is 3. The van der Waals surface area contributed by atoms with Crippen molar-refractivity contribution in [2.45, 2.75) is 30.7 Å². The third-order valence-corrected chi connectivity index (χ3v) is 5.69. The van der Waals surface area contributed by atoms with Gasteiger partial charge in [-0.25, -0.2) is 17.2 Å². The van der Waals surface area contributed by atoms with Crippen LogP contribution in [-0.2, 0) is 10.0 Å². The maximum absolute atomic E-state index is 13.7. The van der Waals surface area contributed by atoms with Crippen molar-refractivity contribution < 1.29 is 17.2 Å². The molecule has 1 saturated heterocycles. The lowest BCUT2D eigenvalue weighted by Gasteiger charge is -2.32. The Hall–Kier alpha value is -1.05. The number of nitrogens with two attached hydrogens (primary N) is 1. The first-order chi connectivity index (χ1) is 9.34. The van der Waals surface area contributed by atoms with Crippen molar-refractivity contribution in [1.29, 1.82) is 0 Å². The monoisotopic (exact) mass is 304 g/mol. The first-order valence-corrected chi connectivity index (χ1v) is 7.98. The molecule has 2 N–H and O–H groups in total. The number of piperidine rings is 1. The molecule has 2 rings (SSSR count). The Kier molecular flexibility index (Phi) is 4.41. The summed E-state index contributed by atoms with van der Waals surface area (Å²) in [7, 11) is -3.99. The molecule has 0 aliphatic carbocycles. The van der Waals surface area contributed by atoms with E-state index in [0.717, 1.165) is 12.1 Å². The summed E-state index contributed by atoms with van der Waals surface area (Å²) in [6, 6.07) is 3.19. The second-order valence-corrected chi connectivity index (χ2v) is 7.06. The van der Waals surface area contributed by atoms with Crippen molar-refractivity contribution in [2.24, 2.45) is 11.7 Å². The number of rotatable bonds is 3. The average Bonchev–Trinajstić information content (AvgIpc) is 2.41. The van der Waals surface area contributed by atoms with Crippen LogP contribution in [0.2, 0.25) is 0 Å². The minimum absolute atomic E-state index is 0.00533. The Morgan fingerprint density at radius 2 is 1.90 bits per heavy atom. The van der Waals surface area contributed by atoms with Gasteiger partial charge in [0.25, 0.3) is 0 Å². The van der Waals surface area contributed by atoms with E-state index in [1.807, 2.05) is 6.92 Å². The van der Waals surface area contributed by atoms with E-state index in [-0.39, 0.29) is 25.0 Å². The van der Waals surface area contributed by atoms with Gasteiger partial charge in [0.05, 0.1) is 0 Å². The fraction of sp³-hybridized carbons (Fsp3) is 0.538. The first kappa shape index (κ1) is 15.3. The predicted octanol–water partition coefficient (Wildman–Crippen LogP) is 1.71. The molecule has 1 aromatic rings. The zero-order valence-electron chi connectivity index (χ0n) is 11.2. The van der Waals surface area contributed by atoms with Crippen LogP contribution in [0.1, 0.15) is 19.8 Å². The van der Waals surface area contributed by atoms with Crippen LogP contribution < -0.4 is 5.73 Å². The van der Waals surface area contributed by atoms with E-state index in [2.05, 4.69) is 0 Å². The molecule has 1 aliphatic rings. The number of halogens is 2. The molecule has 0 radical (unpaired) electrons. The molecule has 1 heterocycles. The highest BCUT2D eigenvalue weighted by molar-refractivity contribution is 7.89. The molecule has 0 bridgehead atoms. The van der Waals surface area contributed by atoms with Gasteiger partial charge in [0, 0.05) is 19.1 Å². The van der Waals surface area contributed by atoms with Crippen molar-refractivity contribution in [3.05, 3.63) is 29.8 Å². The van der Waals surface area contributed by atoms with E-state index in [0.29, 0.717) is 12.8 Å². The molecule has 0 saturated carbocycles. The van der Waals surface area contributed by atoms with Gasteiger partial charge in [-0.1, -0.05) is 6.07 Å². The predicted molar refractivity (Wildman–Crippen MR) is 71.5 cm³/mol. The van der Waals surface area contributed by atoms with Gasteiger partial charge >= 0.3 is 0 Å². The highest BCUT2D eigenvalue weighted by atomic mass is 32.2. The van der Waals surface area contributed by atoms with E-state index < -0.39 is 26.6 Å². The zero-order valence-corrected chi connectivity index (χ0v) is 12.0. The molecule has 0 amide bonds. The summed E-state index contributed by atoms with van der Waals surface area (Å²) in [6.07, 6.45) is 1.27. The smallest absolute Gasteiger partial charge is 0.246 e. The summed E-state index contributed by atoms with van der Waals surface area (Å²) in [5.74, 6) is -2.21. The van der Waals surface area contributed by atoms with Crippen LogP contribution in [0.25, 0.3) is 0 Å². The fourth-order valence-electron chi connectivity index (χ4n) is 2.46. The van der Waals surface area contributed by atoms with E-state index in [1.165, 1.54) is 10.4 Å². The minimum atomic E-state index is -3.99. The molecule has 1 aliphatic heterocycles. The molecule has 1 unspecified atom stereocenters. The van der Waals surface area contributed by atoms with Gasteiger partial charge in [0.1, 0.15) is 4.90 Å². The molecule has 1 fully saturated rings. The zero-order chi connectivity index (χ0) is 14.9. The standard InChI is InChI=1S/C13H18F2N2O2S/c1-9(16)10-5-7-17(8-6-10)20(18,19)12-4-2-3-11(14)13(12)15/h2-4,9-10H,5-8,16H2,1H3. The Bertz CT molecular complexity index is 582. The second-order valence-electron chi connectivity index (χ2n) is 5.15. The van der Waals surface area contributed by atoms with E-state index in [9.17, 15) is 17.2 Å². The van der Waals surface area contributed by atoms with Crippen LogP contribution in [0.4, 0.5) is 8.78 Å². The third-order valence-electron chi connectivity index (χ3n) is 3.78. The van der Waals surface area contributed by atoms with Gasteiger partial charge in [0.15, 0.2) is 11.6 Å². The fourth-order valence-corrected chi connectivity index (χ4v) is 4.01. The Labute approximate surface area is 117 Å². The molecule has 0 spiro atoms. The molecule has 0 aromatic heterocycles.